The lowest BCUT2D eigenvalue weighted by atomic mass is 10.4. The van der Waals surface area contributed by atoms with E-state index in [4.69, 9.17) is 11.5 Å². The van der Waals surface area contributed by atoms with Crippen molar-refractivity contribution in [3.05, 3.63) is 25.3 Å². The van der Waals surface area contributed by atoms with Crippen LogP contribution in [-0.4, -0.2) is 34.9 Å². The van der Waals surface area contributed by atoms with Gasteiger partial charge in [0.05, 0.1) is 13.1 Å². The monoisotopic (exact) mass is 444 g/mol. The minimum absolute atomic E-state index is 0. The number of unbranched alkanes of at least 4 members (excludes halogenated alkanes) is 1. The van der Waals surface area contributed by atoms with Crippen LogP contribution < -0.4 is 45.4 Å². The van der Waals surface area contributed by atoms with Crippen molar-refractivity contribution in [1.82, 2.24) is 0 Å². The Morgan fingerprint density at radius 3 is 1.50 bits per heavy atom. The highest BCUT2D eigenvalue weighted by atomic mass is 79.9. The van der Waals surface area contributed by atoms with Gasteiger partial charge in [-0.2, -0.15) is 0 Å². The summed E-state index contributed by atoms with van der Waals surface area (Å²) in [6.45, 7) is 8.35. The molecule has 0 aliphatic rings. The van der Waals surface area contributed by atoms with E-state index < -0.39 is 0 Å². The van der Waals surface area contributed by atoms with Gasteiger partial charge in [0.1, 0.15) is 0 Å². The van der Waals surface area contributed by atoms with Crippen LogP contribution >= 0.6 is 23.5 Å². The average Bonchev–Trinajstić information content (AvgIpc) is 2.37. The Bertz CT molecular complexity index is 280. The van der Waals surface area contributed by atoms with Crippen LogP contribution in [0.3, 0.4) is 0 Å². The van der Waals surface area contributed by atoms with Gasteiger partial charge in [-0.3, -0.25) is 9.98 Å². The van der Waals surface area contributed by atoms with Crippen molar-refractivity contribution >= 4 is 33.9 Å². The third-order valence-electron chi connectivity index (χ3n) is 1.79. The number of halogens is 2. The Labute approximate surface area is 151 Å². The van der Waals surface area contributed by atoms with Crippen LogP contribution in [0.15, 0.2) is 35.3 Å². The van der Waals surface area contributed by atoms with Crippen LogP contribution in [-0.2, 0) is 0 Å². The van der Waals surface area contributed by atoms with Crippen LogP contribution in [0, 0.1) is 0 Å². The Morgan fingerprint density at radius 2 is 1.20 bits per heavy atom. The number of rotatable bonds is 9. The van der Waals surface area contributed by atoms with E-state index in [0.29, 0.717) is 23.4 Å². The second kappa shape index (κ2) is 19.1. The zero-order valence-corrected chi connectivity index (χ0v) is 16.2. The first-order valence-corrected chi connectivity index (χ1v) is 7.75. The van der Waals surface area contributed by atoms with E-state index in [1.165, 1.54) is 0 Å². The van der Waals surface area contributed by atoms with E-state index >= 15 is 0 Å². The van der Waals surface area contributed by atoms with Crippen LogP contribution in [0.1, 0.15) is 12.8 Å². The smallest absolute Gasteiger partial charge is 0.154 e. The van der Waals surface area contributed by atoms with E-state index in [9.17, 15) is 0 Å². The van der Waals surface area contributed by atoms with Crippen molar-refractivity contribution < 1.29 is 34.0 Å². The molecule has 118 valence electrons. The highest BCUT2D eigenvalue weighted by Gasteiger charge is 1.96. The predicted octanol–water partition coefficient (Wildman–Crippen LogP) is -3.76. The molecule has 8 heteroatoms. The molecule has 0 spiro atoms. The van der Waals surface area contributed by atoms with Gasteiger partial charge >= 0.3 is 0 Å². The van der Waals surface area contributed by atoms with E-state index in [1.807, 2.05) is 0 Å². The molecule has 4 nitrogen and oxygen atoms in total. The number of nitrogens with zero attached hydrogens (tertiary/aromatic N) is 2. The maximum atomic E-state index is 5.69. The second-order valence-corrected chi connectivity index (χ2v) is 5.57. The third kappa shape index (κ3) is 18.1. The maximum absolute atomic E-state index is 5.69. The van der Waals surface area contributed by atoms with Crippen molar-refractivity contribution in [2.45, 2.75) is 12.8 Å². The topological polar surface area (TPSA) is 76.8 Å². The molecule has 0 atom stereocenters. The standard InChI is InChI=1S/C12H22N4S2.2BrH/c1-3-7-15-11(13)17-9-5-6-10-18-12(14)16-8-4-2;;/h3-4H,1-2,5-10H2,(H2,13,15)(H2,14,16);2*1H/p-2. The molecule has 0 aliphatic carbocycles. The minimum Gasteiger partial charge on any atom is -1.00 e. The molecule has 0 unspecified atom stereocenters. The second-order valence-electron chi connectivity index (χ2n) is 3.34. The SMILES string of the molecule is C=CCN=C(N)SCCCCSC(N)=NCC=C.[Br-].[Br-]. The van der Waals surface area contributed by atoms with E-state index in [0.717, 1.165) is 24.3 Å². The number of nitrogens with two attached hydrogens (primary N) is 2. The van der Waals surface area contributed by atoms with Crippen LogP contribution in [0.5, 0.6) is 0 Å². The molecule has 0 amide bonds. The largest absolute Gasteiger partial charge is 1.00 e. The first kappa shape index (κ1) is 25.1. The van der Waals surface area contributed by atoms with Gasteiger partial charge in [-0.25, -0.2) is 0 Å². The van der Waals surface area contributed by atoms with Crippen molar-refractivity contribution in [3.63, 3.8) is 0 Å². The third-order valence-corrected chi connectivity index (χ3v) is 3.63. The zero-order chi connectivity index (χ0) is 13.6. The highest BCUT2D eigenvalue weighted by molar-refractivity contribution is 8.14. The summed E-state index contributed by atoms with van der Waals surface area (Å²) in [5, 5.41) is 1.27. The van der Waals surface area contributed by atoms with E-state index in [1.54, 1.807) is 35.7 Å². The minimum atomic E-state index is 0. The van der Waals surface area contributed by atoms with Gasteiger partial charge in [0.25, 0.3) is 0 Å². The quantitative estimate of drug-likeness (QED) is 0.165. The molecule has 0 aliphatic heterocycles. The summed E-state index contributed by atoms with van der Waals surface area (Å²) in [4.78, 5) is 8.22. The average molecular weight is 446 g/mol. The number of hydrogen-bond acceptors (Lipinski definition) is 4. The molecule has 0 saturated heterocycles. The number of hydrogen-bond donors (Lipinski definition) is 2. The highest BCUT2D eigenvalue weighted by Crippen LogP contribution is 2.09. The zero-order valence-electron chi connectivity index (χ0n) is 11.4. The fourth-order valence-electron chi connectivity index (χ4n) is 0.958. The lowest BCUT2D eigenvalue weighted by Gasteiger charge is -2.01. The van der Waals surface area contributed by atoms with Crippen molar-refractivity contribution in [2.75, 3.05) is 24.6 Å². The van der Waals surface area contributed by atoms with Crippen LogP contribution in [0.25, 0.3) is 0 Å². The summed E-state index contributed by atoms with van der Waals surface area (Å²) in [7, 11) is 0. The van der Waals surface area contributed by atoms with Gasteiger partial charge in [-0.15, -0.1) is 13.2 Å². The van der Waals surface area contributed by atoms with Gasteiger partial charge in [-0.05, 0) is 12.8 Å². The molecule has 0 bridgehead atoms. The first-order valence-electron chi connectivity index (χ1n) is 5.78. The summed E-state index contributed by atoms with van der Waals surface area (Å²) >= 11 is 3.17. The van der Waals surface area contributed by atoms with Crippen molar-refractivity contribution in [1.29, 1.82) is 0 Å². The Balaban J connectivity index is -0.00000144. The Kier molecular flexibility index (Phi) is 23.9. The van der Waals surface area contributed by atoms with Gasteiger partial charge in [0, 0.05) is 11.5 Å². The molecule has 0 aromatic heterocycles. The number of amidine groups is 2. The molecule has 0 radical (unpaired) electrons. The molecule has 0 aromatic carbocycles. The van der Waals surface area contributed by atoms with Crippen molar-refractivity contribution in [3.8, 4) is 0 Å². The lowest BCUT2D eigenvalue weighted by Crippen LogP contribution is -3.00. The summed E-state index contributed by atoms with van der Waals surface area (Å²) < 4.78 is 0. The molecule has 0 aromatic rings. The van der Waals surface area contributed by atoms with E-state index in [2.05, 4.69) is 23.1 Å². The van der Waals surface area contributed by atoms with Crippen LogP contribution in [0.4, 0.5) is 0 Å². The Hall–Kier alpha value is 0.0800. The number of thioether (sulfide) groups is 2. The number of aliphatic imine (C=N–C) groups is 2. The summed E-state index contributed by atoms with van der Waals surface area (Å²) in [6.07, 6.45) is 5.65. The van der Waals surface area contributed by atoms with Gasteiger partial charge in [0.2, 0.25) is 0 Å². The summed E-state index contributed by atoms with van der Waals surface area (Å²) in [5.74, 6) is 1.97. The molecular weight excluding hydrogens is 424 g/mol. The van der Waals surface area contributed by atoms with Gasteiger partial charge in [-0.1, -0.05) is 35.7 Å². The summed E-state index contributed by atoms with van der Waals surface area (Å²) in [6, 6.07) is 0. The maximum Gasteiger partial charge on any atom is 0.154 e. The van der Waals surface area contributed by atoms with Crippen LogP contribution in [0.2, 0.25) is 0 Å². The molecule has 4 N–H and O–H groups in total. The molecule has 0 rings (SSSR count). The van der Waals surface area contributed by atoms with Gasteiger partial charge < -0.3 is 45.4 Å². The predicted molar refractivity (Wildman–Crippen MR) is 87.5 cm³/mol. The summed E-state index contributed by atoms with van der Waals surface area (Å²) in [5.41, 5.74) is 11.4. The molecular formula is C12H22Br2N4S2-2. The fraction of sp³-hybridized carbons (Fsp3) is 0.500. The lowest BCUT2D eigenvalue weighted by molar-refractivity contribution is -0.001000. The fourth-order valence-corrected chi connectivity index (χ4v) is 2.40. The Morgan fingerprint density at radius 1 is 0.850 bits per heavy atom. The molecule has 0 heterocycles. The normalized spacial score (nSPS) is 11.2. The molecule has 20 heavy (non-hydrogen) atoms. The van der Waals surface area contributed by atoms with Gasteiger partial charge in [0.15, 0.2) is 10.3 Å². The van der Waals surface area contributed by atoms with Crippen molar-refractivity contribution in [2.24, 2.45) is 21.5 Å². The van der Waals surface area contributed by atoms with E-state index in [-0.39, 0.29) is 34.0 Å². The first-order chi connectivity index (χ1) is 8.70. The molecule has 0 fully saturated rings. The molecule has 0 saturated carbocycles.